The molecule has 0 heterocycles. The fraction of sp³-hybridized carbons (Fsp3) is 0.407. The predicted octanol–water partition coefficient (Wildman–Crippen LogP) is 8.12. The Hall–Kier alpha value is -2.08. The van der Waals surface area contributed by atoms with E-state index in [2.05, 4.69) is 104 Å². The van der Waals surface area contributed by atoms with Crippen LogP contribution in [0, 0.1) is 18.8 Å². The molecular formula is C27H36. The average molecular weight is 361 g/mol. The van der Waals surface area contributed by atoms with Crippen molar-refractivity contribution in [2.75, 3.05) is 0 Å². The molecule has 0 bridgehead atoms. The van der Waals surface area contributed by atoms with E-state index in [0.717, 1.165) is 6.42 Å². The van der Waals surface area contributed by atoms with E-state index in [0.29, 0.717) is 17.8 Å². The number of hydrogen-bond donors (Lipinski definition) is 0. The van der Waals surface area contributed by atoms with Crippen LogP contribution in [0.15, 0.2) is 66.3 Å². The summed E-state index contributed by atoms with van der Waals surface area (Å²) in [5.41, 5.74) is 9.57. The molecule has 2 aromatic carbocycles. The van der Waals surface area contributed by atoms with Crippen molar-refractivity contribution in [3.05, 3.63) is 83.0 Å². The van der Waals surface area contributed by atoms with Crippen LogP contribution in [0.25, 0.3) is 11.1 Å². The van der Waals surface area contributed by atoms with E-state index < -0.39 is 0 Å². The molecule has 0 spiro atoms. The van der Waals surface area contributed by atoms with Crippen LogP contribution in [-0.2, 0) is 6.42 Å². The Morgan fingerprint density at radius 2 is 1.59 bits per heavy atom. The quantitative estimate of drug-likeness (QED) is 0.437. The van der Waals surface area contributed by atoms with Crippen LogP contribution in [0.3, 0.4) is 0 Å². The van der Waals surface area contributed by atoms with Gasteiger partial charge >= 0.3 is 0 Å². The normalized spacial score (nSPS) is 13.3. The zero-order valence-electron chi connectivity index (χ0n) is 18.3. The lowest BCUT2D eigenvalue weighted by Crippen LogP contribution is -2.07. The summed E-state index contributed by atoms with van der Waals surface area (Å²) in [6.45, 7) is 20.1. The lowest BCUT2D eigenvalue weighted by Gasteiger charge is -2.22. The average Bonchev–Trinajstić information content (AvgIpc) is 2.63. The van der Waals surface area contributed by atoms with Gasteiger partial charge < -0.3 is 0 Å². The summed E-state index contributed by atoms with van der Waals surface area (Å²) in [6.07, 6.45) is 3.25. The summed E-state index contributed by atoms with van der Waals surface area (Å²) in [4.78, 5) is 0. The van der Waals surface area contributed by atoms with E-state index in [1.165, 1.54) is 39.0 Å². The molecule has 0 nitrogen and oxygen atoms in total. The van der Waals surface area contributed by atoms with Gasteiger partial charge in [0.1, 0.15) is 0 Å². The van der Waals surface area contributed by atoms with Crippen molar-refractivity contribution in [2.45, 2.75) is 60.8 Å². The van der Waals surface area contributed by atoms with Crippen molar-refractivity contribution in [1.29, 1.82) is 0 Å². The van der Waals surface area contributed by atoms with Gasteiger partial charge in [-0.3, -0.25) is 0 Å². The van der Waals surface area contributed by atoms with Crippen molar-refractivity contribution < 1.29 is 0 Å². The molecule has 0 saturated heterocycles. The highest BCUT2D eigenvalue weighted by Gasteiger charge is 2.17. The molecule has 0 amide bonds. The van der Waals surface area contributed by atoms with Gasteiger partial charge in [-0.1, -0.05) is 101 Å². The lowest BCUT2D eigenvalue weighted by molar-refractivity contribution is 0.532. The van der Waals surface area contributed by atoms with Crippen LogP contribution in [0.5, 0.6) is 0 Å². The Morgan fingerprint density at radius 1 is 0.963 bits per heavy atom. The number of benzene rings is 2. The minimum atomic E-state index is 0.494. The van der Waals surface area contributed by atoms with Crippen molar-refractivity contribution in [3.8, 4) is 11.1 Å². The molecule has 2 aromatic rings. The Labute approximate surface area is 167 Å². The summed E-state index contributed by atoms with van der Waals surface area (Å²) in [6, 6.07) is 15.5. The first-order chi connectivity index (χ1) is 12.7. The minimum Gasteiger partial charge on any atom is -0.0956 e. The van der Waals surface area contributed by atoms with E-state index in [4.69, 9.17) is 0 Å². The zero-order chi connectivity index (χ0) is 20.1. The van der Waals surface area contributed by atoms with Crippen LogP contribution < -0.4 is 0 Å². The fourth-order valence-electron chi connectivity index (χ4n) is 3.45. The summed E-state index contributed by atoms with van der Waals surface area (Å²) >= 11 is 0. The molecule has 144 valence electrons. The van der Waals surface area contributed by atoms with Crippen molar-refractivity contribution in [2.24, 2.45) is 11.8 Å². The van der Waals surface area contributed by atoms with Gasteiger partial charge in [-0.25, -0.2) is 0 Å². The highest BCUT2D eigenvalue weighted by atomic mass is 14.2. The van der Waals surface area contributed by atoms with E-state index in [1.807, 2.05) is 0 Å². The Morgan fingerprint density at radius 3 is 2.15 bits per heavy atom. The summed E-state index contributed by atoms with van der Waals surface area (Å²) in [5, 5.41) is 0. The maximum Gasteiger partial charge on any atom is -0.00637 e. The second-order valence-corrected chi connectivity index (χ2v) is 8.65. The lowest BCUT2D eigenvalue weighted by atomic mass is 9.82. The fourth-order valence-corrected chi connectivity index (χ4v) is 3.45. The van der Waals surface area contributed by atoms with Gasteiger partial charge in [-0.2, -0.15) is 0 Å². The van der Waals surface area contributed by atoms with Crippen molar-refractivity contribution in [1.82, 2.24) is 0 Å². The smallest absolute Gasteiger partial charge is 0.00637 e. The topological polar surface area (TPSA) is 0 Å². The van der Waals surface area contributed by atoms with E-state index in [1.54, 1.807) is 0 Å². The summed E-state index contributed by atoms with van der Waals surface area (Å²) in [7, 11) is 0. The highest BCUT2D eigenvalue weighted by Crippen LogP contribution is 2.34. The number of rotatable bonds is 7. The van der Waals surface area contributed by atoms with Crippen LogP contribution in [0.1, 0.15) is 64.2 Å². The van der Waals surface area contributed by atoms with Crippen LogP contribution >= 0.6 is 0 Å². The van der Waals surface area contributed by atoms with Crippen LogP contribution in [-0.4, -0.2) is 0 Å². The molecule has 0 N–H and O–H groups in total. The van der Waals surface area contributed by atoms with Crippen molar-refractivity contribution >= 4 is 0 Å². The summed E-state index contributed by atoms with van der Waals surface area (Å²) < 4.78 is 0. The predicted molar refractivity (Wildman–Crippen MR) is 121 cm³/mol. The molecule has 0 aliphatic heterocycles. The first-order valence-corrected chi connectivity index (χ1v) is 10.3. The first kappa shape index (κ1) is 21.2. The molecule has 0 aliphatic carbocycles. The minimum absolute atomic E-state index is 0.494. The van der Waals surface area contributed by atoms with Crippen LogP contribution in [0.4, 0.5) is 0 Å². The van der Waals surface area contributed by atoms with E-state index >= 15 is 0 Å². The molecular weight excluding hydrogens is 324 g/mol. The molecule has 0 aliphatic rings. The Kier molecular flexibility index (Phi) is 7.25. The van der Waals surface area contributed by atoms with Gasteiger partial charge in [-0.05, 0) is 65.8 Å². The van der Waals surface area contributed by atoms with Gasteiger partial charge in [0.15, 0.2) is 0 Å². The highest BCUT2D eigenvalue weighted by molar-refractivity contribution is 5.67. The van der Waals surface area contributed by atoms with E-state index in [-0.39, 0.29) is 0 Å². The Balaban J connectivity index is 2.52. The number of allylic oxidation sites excluding steroid dienone is 3. The molecule has 0 saturated carbocycles. The zero-order valence-corrected chi connectivity index (χ0v) is 18.3. The van der Waals surface area contributed by atoms with Gasteiger partial charge in [0.2, 0.25) is 0 Å². The van der Waals surface area contributed by atoms with Gasteiger partial charge in [0.25, 0.3) is 0 Å². The number of hydrogen-bond acceptors (Lipinski definition) is 0. The third-order valence-electron chi connectivity index (χ3n) is 5.80. The Bertz CT molecular complexity index is 803. The molecule has 2 rings (SSSR count). The maximum atomic E-state index is 4.22. The van der Waals surface area contributed by atoms with Gasteiger partial charge in [0, 0.05) is 0 Å². The molecule has 0 heteroatoms. The van der Waals surface area contributed by atoms with Crippen molar-refractivity contribution in [3.63, 3.8) is 0 Å². The third kappa shape index (κ3) is 5.45. The molecule has 0 radical (unpaired) electrons. The van der Waals surface area contributed by atoms with Gasteiger partial charge in [-0.15, -0.1) is 0 Å². The third-order valence-corrected chi connectivity index (χ3v) is 5.80. The first-order valence-electron chi connectivity index (χ1n) is 10.3. The molecule has 1 atom stereocenters. The standard InChI is InChI=1S/C27H36/c1-18(2)21(6)14-20(5)15-25-16-26(24-12-10-9-11-13-24)17-27(23(25)8)22(7)19(3)4/h9-14,16-19,22H,6,15H2,1-5,7-8H3/b20-14+. The van der Waals surface area contributed by atoms with Gasteiger partial charge in [0.05, 0.1) is 0 Å². The summed E-state index contributed by atoms with van der Waals surface area (Å²) in [5.74, 6) is 1.66. The van der Waals surface area contributed by atoms with Crippen LogP contribution in [0.2, 0.25) is 0 Å². The molecule has 0 aromatic heterocycles. The monoisotopic (exact) mass is 360 g/mol. The maximum absolute atomic E-state index is 4.22. The molecule has 27 heavy (non-hydrogen) atoms. The second-order valence-electron chi connectivity index (χ2n) is 8.65. The molecule has 1 unspecified atom stereocenters. The second kappa shape index (κ2) is 9.22. The SMILES string of the molecule is C=C(/C=C(\C)Cc1cc(-c2ccccc2)cc(C(C)C(C)C)c1C)C(C)C. The van der Waals surface area contributed by atoms with E-state index in [9.17, 15) is 0 Å². The molecule has 0 fully saturated rings. The largest absolute Gasteiger partial charge is 0.0956 e.